The van der Waals surface area contributed by atoms with Crippen LogP contribution in [0.15, 0.2) is 23.1 Å². The molecule has 0 atom stereocenters. The van der Waals surface area contributed by atoms with E-state index >= 15 is 0 Å². The van der Waals surface area contributed by atoms with E-state index < -0.39 is 11.6 Å². The third-order valence-corrected chi connectivity index (χ3v) is 6.41. The van der Waals surface area contributed by atoms with Crippen molar-refractivity contribution in [3.05, 3.63) is 40.3 Å². The number of carbonyl (C=O) groups is 1. The highest BCUT2D eigenvalue weighted by molar-refractivity contribution is 8.40. The first-order chi connectivity index (χ1) is 12.5. The molecule has 1 aromatic rings. The standard InChI is InChI=1S/C19H25F2N2OS2/c1-4-22(5-2)10-7-11-23-18(24)17(26-19(23)25-6-3)12-14-8-9-15(20)13-16(14)21/h8-9,12-13H,4-7,10-11H2,1-3H3/q+1/b17-12-. The molecular formula is C19H25F2N2OS2+. The van der Waals surface area contributed by atoms with Crippen LogP contribution in [-0.2, 0) is 4.79 Å². The van der Waals surface area contributed by atoms with Gasteiger partial charge in [0.15, 0.2) is 6.54 Å². The van der Waals surface area contributed by atoms with Gasteiger partial charge in [0.2, 0.25) is 0 Å². The van der Waals surface area contributed by atoms with Gasteiger partial charge in [0, 0.05) is 30.3 Å². The average Bonchev–Trinajstić information content (AvgIpc) is 2.90. The fraction of sp³-hybridized carbons (Fsp3) is 0.474. The predicted molar refractivity (Wildman–Crippen MR) is 108 cm³/mol. The van der Waals surface area contributed by atoms with Crippen LogP contribution in [0.4, 0.5) is 8.78 Å². The maximum atomic E-state index is 13.9. The first-order valence-corrected chi connectivity index (χ1v) is 10.7. The van der Waals surface area contributed by atoms with E-state index in [4.69, 9.17) is 0 Å². The molecule has 0 aromatic heterocycles. The van der Waals surface area contributed by atoms with E-state index in [-0.39, 0.29) is 11.5 Å². The molecule has 0 spiro atoms. The van der Waals surface area contributed by atoms with E-state index in [2.05, 4.69) is 18.7 Å². The van der Waals surface area contributed by atoms with Gasteiger partial charge >= 0.3 is 5.91 Å². The topological polar surface area (TPSA) is 23.3 Å². The van der Waals surface area contributed by atoms with Crippen molar-refractivity contribution in [3.8, 4) is 0 Å². The van der Waals surface area contributed by atoms with Crippen LogP contribution in [0.3, 0.4) is 0 Å². The summed E-state index contributed by atoms with van der Waals surface area (Å²) >= 11 is 2.99. The Morgan fingerprint density at radius 2 is 1.96 bits per heavy atom. The molecule has 2 rings (SSSR count). The Labute approximate surface area is 162 Å². The molecule has 0 bridgehead atoms. The number of carbonyl (C=O) groups excluding carboxylic acids is 1. The SMILES string of the molecule is CCSC1=[N+](CCCN(CC)CC)C(=O)/C(=C/c2ccc(F)cc2F)S1. The summed E-state index contributed by atoms with van der Waals surface area (Å²) in [6.45, 7) is 9.87. The summed E-state index contributed by atoms with van der Waals surface area (Å²) in [5.41, 5.74) is 0.230. The van der Waals surface area contributed by atoms with Crippen molar-refractivity contribution in [1.29, 1.82) is 0 Å². The van der Waals surface area contributed by atoms with E-state index in [1.54, 1.807) is 16.3 Å². The number of rotatable bonds is 8. The third kappa shape index (κ3) is 5.41. The lowest BCUT2D eigenvalue weighted by molar-refractivity contribution is -0.438. The number of thioether (sulfide) groups is 2. The smallest absolute Gasteiger partial charge is 0.304 e. The normalized spacial score (nSPS) is 16.4. The Kier molecular flexibility index (Phi) is 8.31. The van der Waals surface area contributed by atoms with Gasteiger partial charge in [-0.15, -0.1) is 4.58 Å². The zero-order valence-corrected chi connectivity index (χ0v) is 17.1. The molecule has 0 fully saturated rings. The molecule has 142 valence electrons. The number of benzene rings is 1. The quantitative estimate of drug-likeness (QED) is 0.476. The highest BCUT2D eigenvalue weighted by Crippen LogP contribution is 2.34. The first kappa shape index (κ1) is 21.1. The van der Waals surface area contributed by atoms with Crippen molar-refractivity contribution < 1.29 is 18.2 Å². The van der Waals surface area contributed by atoms with Crippen LogP contribution < -0.4 is 0 Å². The minimum atomic E-state index is -0.657. The minimum Gasteiger partial charge on any atom is -0.304 e. The van der Waals surface area contributed by atoms with Crippen LogP contribution in [-0.4, -0.2) is 51.7 Å². The summed E-state index contributed by atoms with van der Waals surface area (Å²) in [7, 11) is 0. The first-order valence-electron chi connectivity index (χ1n) is 8.88. The Hall–Kier alpha value is -1.18. The number of amides is 1. The lowest BCUT2D eigenvalue weighted by Crippen LogP contribution is -2.28. The second-order valence-corrected chi connectivity index (χ2v) is 8.35. The Balaban J connectivity index is 2.14. The molecule has 0 radical (unpaired) electrons. The van der Waals surface area contributed by atoms with Crippen LogP contribution in [0.25, 0.3) is 6.08 Å². The summed E-state index contributed by atoms with van der Waals surface area (Å²) < 4.78 is 29.7. The third-order valence-electron chi connectivity index (χ3n) is 4.14. The molecule has 0 saturated carbocycles. The van der Waals surface area contributed by atoms with Crippen molar-refractivity contribution in [2.24, 2.45) is 0 Å². The fourth-order valence-electron chi connectivity index (χ4n) is 2.68. The van der Waals surface area contributed by atoms with E-state index in [1.807, 2.05) is 6.92 Å². The molecular weight excluding hydrogens is 374 g/mol. The molecule has 0 aliphatic carbocycles. The van der Waals surface area contributed by atoms with E-state index in [9.17, 15) is 13.6 Å². The zero-order chi connectivity index (χ0) is 19.1. The van der Waals surface area contributed by atoms with Gasteiger partial charge in [-0.05, 0) is 54.8 Å². The van der Waals surface area contributed by atoms with Crippen LogP contribution in [0.5, 0.6) is 0 Å². The van der Waals surface area contributed by atoms with Crippen LogP contribution >= 0.6 is 23.5 Å². The van der Waals surface area contributed by atoms with Gasteiger partial charge in [0.1, 0.15) is 16.5 Å². The summed E-state index contributed by atoms with van der Waals surface area (Å²) in [5.74, 6) is -0.521. The molecule has 1 aliphatic heterocycles. The van der Waals surface area contributed by atoms with Crippen LogP contribution in [0.1, 0.15) is 32.8 Å². The zero-order valence-electron chi connectivity index (χ0n) is 15.4. The lowest BCUT2D eigenvalue weighted by Gasteiger charge is -2.16. The Morgan fingerprint density at radius 3 is 2.58 bits per heavy atom. The second kappa shape index (κ2) is 10.2. The molecule has 1 heterocycles. The number of nitrogens with zero attached hydrogens (tertiary/aromatic N) is 2. The van der Waals surface area contributed by atoms with E-state index in [0.717, 1.165) is 42.3 Å². The lowest BCUT2D eigenvalue weighted by atomic mass is 10.2. The number of hydrogen-bond acceptors (Lipinski definition) is 4. The highest BCUT2D eigenvalue weighted by Gasteiger charge is 2.37. The van der Waals surface area contributed by atoms with Gasteiger partial charge < -0.3 is 4.90 Å². The average molecular weight is 400 g/mol. The molecule has 0 N–H and O–H groups in total. The number of hydrogen-bond donors (Lipinski definition) is 0. The molecule has 0 unspecified atom stereocenters. The van der Waals surface area contributed by atoms with Crippen LogP contribution in [0, 0.1) is 11.6 Å². The summed E-state index contributed by atoms with van der Waals surface area (Å²) in [5, 5.41) is 0. The molecule has 26 heavy (non-hydrogen) atoms. The van der Waals surface area contributed by atoms with Gasteiger partial charge in [-0.2, -0.15) is 0 Å². The van der Waals surface area contributed by atoms with Crippen molar-refractivity contribution in [1.82, 2.24) is 4.90 Å². The largest absolute Gasteiger partial charge is 0.427 e. The fourth-order valence-corrected chi connectivity index (χ4v) is 4.97. The summed E-state index contributed by atoms with van der Waals surface area (Å²) in [6.07, 6.45) is 2.41. The van der Waals surface area contributed by atoms with Crippen LogP contribution in [0.2, 0.25) is 0 Å². The molecule has 3 nitrogen and oxygen atoms in total. The van der Waals surface area contributed by atoms with Crippen molar-refractivity contribution in [2.45, 2.75) is 27.2 Å². The molecule has 7 heteroatoms. The van der Waals surface area contributed by atoms with Gasteiger partial charge in [-0.3, -0.25) is 0 Å². The highest BCUT2D eigenvalue weighted by atomic mass is 32.2. The summed E-state index contributed by atoms with van der Waals surface area (Å²) in [4.78, 5) is 15.6. The maximum absolute atomic E-state index is 13.9. The van der Waals surface area contributed by atoms with Gasteiger partial charge in [-0.1, -0.05) is 20.8 Å². The monoisotopic (exact) mass is 399 g/mol. The van der Waals surface area contributed by atoms with Crippen molar-refractivity contribution in [3.63, 3.8) is 0 Å². The van der Waals surface area contributed by atoms with Gasteiger partial charge in [0.05, 0.1) is 0 Å². The summed E-state index contributed by atoms with van der Waals surface area (Å²) in [6, 6.07) is 3.40. The minimum absolute atomic E-state index is 0.103. The maximum Gasteiger partial charge on any atom is 0.427 e. The Bertz CT molecular complexity index is 715. The van der Waals surface area contributed by atoms with Gasteiger partial charge in [0.25, 0.3) is 4.38 Å². The molecule has 1 amide bonds. The molecule has 1 aromatic carbocycles. The molecule has 1 aliphatic rings. The number of halogens is 2. The van der Waals surface area contributed by atoms with E-state index in [0.29, 0.717) is 11.4 Å². The van der Waals surface area contributed by atoms with E-state index in [1.165, 1.54) is 30.0 Å². The molecule has 0 saturated heterocycles. The van der Waals surface area contributed by atoms with Crippen molar-refractivity contribution >= 4 is 39.9 Å². The van der Waals surface area contributed by atoms with Gasteiger partial charge in [-0.25, -0.2) is 13.6 Å². The van der Waals surface area contributed by atoms with Crippen molar-refractivity contribution in [2.75, 3.05) is 31.9 Å². The second-order valence-electron chi connectivity index (χ2n) is 5.81. The Morgan fingerprint density at radius 1 is 1.23 bits per heavy atom. The predicted octanol–water partition coefficient (Wildman–Crippen LogP) is 4.43.